The molecule has 5 heteroatoms. The third-order valence-electron chi connectivity index (χ3n) is 5.43. The Bertz CT molecular complexity index is 798. The number of aliphatic hydroxyl groups excluding tert-OH is 1. The van der Waals surface area contributed by atoms with E-state index in [1.165, 1.54) is 0 Å². The van der Waals surface area contributed by atoms with Crippen molar-refractivity contribution in [1.82, 2.24) is 10.2 Å². The van der Waals surface area contributed by atoms with Crippen molar-refractivity contribution in [2.24, 2.45) is 0 Å². The summed E-state index contributed by atoms with van der Waals surface area (Å²) >= 11 is 0. The lowest BCUT2D eigenvalue weighted by Crippen LogP contribution is -2.46. The summed E-state index contributed by atoms with van der Waals surface area (Å²) in [6.07, 6.45) is 0.725. The molecular weight excluding hydrogens is 352 g/mol. The van der Waals surface area contributed by atoms with Gasteiger partial charge < -0.3 is 15.3 Å². The van der Waals surface area contributed by atoms with Gasteiger partial charge >= 0.3 is 0 Å². The third kappa shape index (κ3) is 4.60. The van der Waals surface area contributed by atoms with E-state index >= 15 is 0 Å². The van der Waals surface area contributed by atoms with Crippen molar-refractivity contribution in [3.63, 3.8) is 0 Å². The van der Waals surface area contributed by atoms with E-state index in [2.05, 4.69) is 5.32 Å². The summed E-state index contributed by atoms with van der Waals surface area (Å²) in [7, 11) is 0. The van der Waals surface area contributed by atoms with Gasteiger partial charge in [-0.05, 0) is 30.9 Å². The van der Waals surface area contributed by atoms with Crippen LogP contribution in [0.4, 0.5) is 0 Å². The molecule has 2 aromatic rings. The van der Waals surface area contributed by atoms with Gasteiger partial charge in [0, 0.05) is 19.0 Å². The molecule has 5 nitrogen and oxygen atoms in total. The van der Waals surface area contributed by atoms with Crippen LogP contribution < -0.4 is 5.32 Å². The largest absolute Gasteiger partial charge is 0.383 e. The lowest BCUT2D eigenvalue weighted by Gasteiger charge is -2.26. The Morgan fingerprint density at radius 2 is 1.57 bits per heavy atom. The molecule has 28 heavy (non-hydrogen) atoms. The molecule has 1 saturated heterocycles. The molecule has 0 spiro atoms. The standard InChI is InChI=1S/C23H28N2O3/c1-16-10-12-18(13-11-16)17(2)21(26)22(27)24-20(19-8-4-3-5-9-19)23(28)25-14-6-7-15-25/h3-5,8-13,17,20-21,26H,6-7,14-15H2,1-2H3,(H,24,27). The van der Waals surface area contributed by atoms with Gasteiger partial charge in [0.15, 0.2) is 0 Å². The molecule has 148 valence electrons. The van der Waals surface area contributed by atoms with Crippen LogP contribution in [0.1, 0.15) is 48.4 Å². The predicted octanol–water partition coefficient (Wildman–Crippen LogP) is 2.94. The maximum Gasteiger partial charge on any atom is 0.250 e. The first-order valence-corrected chi connectivity index (χ1v) is 9.86. The minimum absolute atomic E-state index is 0.118. The molecule has 2 aromatic carbocycles. The smallest absolute Gasteiger partial charge is 0.250 e. The van der Waals surface area contributed by atoms with Crippen LogP contribution in [-0.2, 0) is 9.59 Å². The molecule has 0 radical (unpaired) electrons. The fraction of sp³-hybridized carbons (Fsp3) is 0.391. The zero-order valence-electron chi connectivity index (χ0n) is 16.5. The summed E-state index contributed by atoms with van der Waals surface area (Å²) in [6, 6.07) is 16.2. The lowest BCUT2D eigenvalue weighted by molar-refractivity contribution is -0.138. The number of nitrogens with one attached hydrogen (secondary N) is 1. The van der Waals surface area contributed by atoms with Crippen LogP contribution in [0.2, 0.25) is 0 Å². The molecule has 1 heterocycles. The topological polar surface area (TPSA) is 69.6 Å². The maximum absolute atomic E-state index is 13.0. The summed E-state index contributed by atoms with van der Waals surface area (Å²) in [5, 5.41) is 13.4. The average molecular weight is 380 g/mol. The molecule has 0 bridgehead atoms. The number of aryl methyl sites for hydroxylation is 1. The number of hydrogen-bond acceptors (Lipinski definition) is 3. The second-order valence-corrected chi connectivity index (χ2v) is 7.53. The van der Waals surface area contributed by atoms with Crippen molar-refractivity contribution in [2.75, 3.05) is 13.1 Å². The average Bonchev–Trinajstić information content (AvgIpc) is 3.26. The van der Waals surface area contributed by atoms with Crippen molar-refractivity contribution in [3.8, 4) is 0 Å². The Labute approximate surface area is 166 Å². The highest BCUT2D eigenvalue weighted by molar-refractivity contribution is 5.90. The zero-order chi connectivity index (χ0) is 20.1. The molecule has 2 amide bonds. The quantitative estimate of drug-likeness (QED) is 0.810. The number of carbonyl (C=O) groups is 2. The van der Waals surface area contributed by atoms with E-state index in [4.69, 9.17) is 0 Å². The first kappa shape index (κ1) is 20.1. The maximum atomic E-state index is 13.0. The van der Waals surface area contributed by atoms with Crippen molar-refractivity contribution in [2.45, 2.75) is 44.8 Å². The van der Waals surface area contributed by atoms with E-state index < -0.39 is 18.1 Å². The van der Waals surface area contributed by atoms with Gasteiger partial charge in [-0.25, -0.2) is 0 Å². The number of amides is 2. The fourth-order valence-corrected chi connectivity index (χ4v) is 3.56. The summed E-state index contributed by atoms with van der Waals surface area (Å²) < 4.78 is 0. The number of aliphatic hydroxyl groups is 1. The van der Waals surface area contributed by atoms with Crippen LogP contribution in [0.15, 0.2) is 54.6 Å². The fourth-order valence-electron chi connectivity index (χ4n) is 3.56. The summed E-state index contributed by atoms with van der Waals surface area (Å²) in [5.74, 6) is -1.03. The van der Waals surface area contributed by atoms with Crippen LogP contribution in [0.25, 0.3) is 0 Å². The number of likely N-dealkylation sites (tertiary alicyclic amines) is 1. The van der Waals surface area contributed by atoms with Crippen LogP contribution in [0.5, 0.6) is 0 Å². The first-order chi connectivity index (χ1) is 13.5. The van der Waals surface area contributed by atoms with Gasteiger partial charge in [-0.15, -0.1) is 0 Å². The second kappa shape index (κ2) is 9.02. The van der Waals surface area contributed by atoms with Gasteiger partial charge in [0.05, 0.1) is 0 Å². The van der Waals surface area contributed by atoms with Crippen molar-refractivity contribution >= 4 is 11.8 Å². The van der Waals surface area contributed by atoms with Crippen molar-refractivity contribution in [3.05, 3.63) is 71.3 Å². The molecular formula is C23H28N2O3. The number of rotatable bonds is 6. The molecule has 0 saturated carbocycles. The number of carbonyl (C=O) groups excluding carboxylic acids is 2. The first-order valence-electron chi connectivity index (χ1n) is 9.86. The van der Waals surface area contributed by atoms with E-state index in [9.17, 15) is 14.7 Å². The predicted molar refractivity (Wildman–Crippen MR) is 109 cm³/mol. The van der Waals surface area contributed by atoms with Gasteiger partial charge in [0.1, 0.15) is 12.1 Å². The molecule has 0 aliphatic carbocycles. The summed E-state index contributed by atoms with van der Waals surface area (Å²) in [4.78, 5) is 27.6. The van der Waals surface area contributed by atoms with Crippen LogP contribution in [-0.4, -0.2) is 41.0 Å². The van der Waals surface area contributed by atoms with E-state index in [1.54, 1.807) is 4.90 Å². The second-order valence-electron chi connectivity index (χ2n) is 7.53. The lowest BCUT2D eigenvalue weighted by atomic mass is 9.93. The van der Waals surface area contributed by atoms with Crippen LogP contribution >= 0.6 is 0 Å². The number of hydrogen-bond donors (Lipinski definition) is 2. The minimum Gasteiger partial charge on any atom is -0.383 e. The van der Waals surface area contributed by atoms with Gasteiger partial charge in [-0.2, -0.15) is 0 Å². The van der Waals surface area contributed by atoms with Crippen molar-refractivity contribution in [1.29, 1.82) is 0 Å². The Balaban J connectivity index is 1.76. The molecule has 1 aliphatic heterocycles. The molecule has 3 atom stereocenters. The third-order valence-corrected chi connectivity index (χ3v) is 5.43. The molecule has 1 fully saturated rings. The van der Waals surface area contributed by atoms with Gasteiger partial charge in [0.2, 0.25) is 11.8 Å². The van der Waals surface area contributed by atoms with E-state index in [1.807, 2.05) is 68.4 Å². The monoisotopic (exact) mass is 380 g/mol. The number of nitrogens with zero attached hydrogens (tertiary/aromatic N) is 1. The van der Waals surface area contributed by atoms with Gasteiger partial charge in [-0.3, -0.25) is 9.59 Å². The normalized spacial score (nSPS) is 17.0. The Morgan fingerprint density at radius 3 is 2.18 bits per heavy atom. The highest BCUT2D eigenvalue weighted by Crippen LogP contribution is 2.23. The Kier molecular flexibility index (Phi) is 6.47. The zero-order valence-corrected chi connectivity index (χ0v) is 16.5. The summed E-state index contributed by atoms with van der Waals surface area (Å²) in [6.45, 7) is 5.22. The van der Waals surface area contributed by atoms with Gasteiger partial charge in [0.25, 0.3) is 0 Å². The van der Waals surface area contributed by atoms with Crippen molar-refractivity contribution < 1.29 is 14.7 Å². The highest BCUT2D eigenvalue weighted by Gasteiger charge is 2.32. The Morgan fingerprint density at radius 1 is 0.964 bits per heavy atom. The van der Waals surface area contributed by atoms with Crippen LogP contribution in [0.3, 0.4) is 0 Å². The summed E-state index contributed by atoms with van der Waals surface area (Å²) in [5.41, 5.74) is 2.73. The molecule has 1 aliphatic rings. The molecule has 2 N–H and O–H groups in total. The minimum atomic E-state index is -1.24. The van der Waals surface area contributed by atoms with E-state index in [0.717, 1.165) is 29.5 Å². The Hall–Kier alpha value is -2.66. The number of benzene rings is 2. The molecule has 3 rings (SSSR count). The van der Waals surface area contributed by atoms with E-state index in [0.29, 0.717) is 13.1 Å². The van der Waals surface area contributed by atoms with Crippen LogP contribution in [0, 0.1) is 6.92 Å². The van der Waals surface area contributed by atoms with Gasteiger partial charge in [-0.1, -0.05) is 67.1 Å². The molecule has 0 aromatic heterocycles. The molecule has 3 unspecified atom stereocenters. The van der Waals surface area contributed by atoms with E-state index in [-0.39, 0.29) is 11.8 Å². The highest BCUT2D eigenvalue weighted by atomic mass is 16.3. The SMILES string of the molecule is Cc1ccc(C(C)C(O)C(=O)NC(C(=O)N2CCCC2)c2ccccc2)cc1.